The molecule has 0 N–H and O–H groups in total. The van der Waals surface area contributed by atoms with Gasteiger partial charge in [0.1, 0.15) is 17.6 Å². The lowest BCUT2D eigenvalue weighted by Crippen LogP contribution is -2.23. The lowest BCUT2D eigenvalue weighted by molar-refractivity contribution is 0.167. The maximum atomic E-state index is 11.2. The van der Waals surface area contributed by atoms with Crippen molar-refractivity contribution >= 4 is 0 Å². The van der Waals surface area contributed by atoms with Gasteiger partial charge in [-0.15, -0.1) is 0 Å². The van der Waals surface area contributed by atoms with Gasteiger partial charge in [-0.05, 0) is 38.1 Å². The van der Waals surface area contributed by atoms with Gasteiger partial charge in [0.2, 0.25) is 0 Å². The fourth-order valence-corrected chi connectivity index (χ4v) is 2.98. The van der Waals surface area contributed by atoms with Crippen molar-refractivity contribution in [2.45, 2.75) is 32.9 Å². The topological polar surface area (TPSA) is 55.8 Å². The average Bonchev–Trinajstić information content (AvgIpc) is 2.97. The van der Waals surface area contributed by atoms with Crippen LogP contribution >= 0.6 is 0 Å². The van der Waals surface area contributed by atoms with E-state index < -0.39 is 5.82 Å². The third-order valence-electron chi connectivity index (χ3n) is 4.56. The number of hydrogen-bond acceptors (Lipinski definition) is 5. The first-order valence-corrected chi connectivity index (χ1v) is 9.08. The Balaban J connectivity index is 1.69. The van der Waals surface area contributed by atoms with Gasteiger partial charge in [-0.25, -0.2) is 4.79 Å². The zero-order valence-electron chi connectivity index (χ0n) is 16.0. The standard InChI is InChI=1S/C22H25NO4/c1-16-9-7-8-12-19(16)26-20(18-10-5-4-6-11-18)13-14-23(3)15-21-17(2)25-22(24)27-21/h4-12,20H,13-15H2,1-3H3/t20-/m1/s1. The first-order valence-electron chi connectivity index (χ1n) is 9.08. The molecule has 3 rings (SSSR count). The fraction of sp³-hybridized carbons (Fsp3) is 0.318. The minimum Gasteiger partial charge on any atom is -0.485 e. The van der Waals surface area contributed by atoms with E-state index in [4.69, 9.17) is 13.6 Å². The van der Waals surface area contributed by atoms with Crippen LogP contribution in [0.4, 0.5) is 0 Å². The van der Waals surface area contributed by atoms with Gasteiger partial charge < -0.3 is 13.6 Å². The molecule has 0 aliphatic rings. The molecule has 1 heterocycles. The van der Waals surface area contributed by atoms with Gasteiger partial charge in [-0.3, -0.25) is 4.90 Å². The second kappa shape index (κ2) is 8.73. The van der Waals surface area contributed by atoms with Crippen molar-refractivity contribution in [3.8, 4) is 5.75 Å². The van der Waals surface area contributed by atoms with Crippen molar-refractivity contribution < 1.29 is 13.6 Å². The summed E-state index contributed by atoms with van der Waals surface area (Å²) in [4.78, 5) is 13.3. The van der Waals surface area contributed by atoms with Gasteiger partial charge >= 0.3 is 5.82 Å². The molecule has 2 aromatic carbocycles. The van der Waals surface area contributed by atoms with Crippen LogP contribution in [0.25, 0.3) is 0 Å². The average molecular weight is 367 g/mol. The maximum absolute atomic E-state index is 11.2. The Kier molecular flexibility index (Phi) is 6.14. The Hall–Kier alpha value is -2.79. The molecule has 27 heavy (non-hydrogen) atoms. The maximum Gasteiger partial charge on any atom is 0.519 e. The first kappa shape index (κ1) is 19.0. The molecule has 0 aliphatic heterocycles. The molecule has 0 unspecified atom stereocenters. The van der Waals surface area contributed by atoms with Crippen molar-refractivity contribution in [2.75, 3.05) is 13.6 Å². The van der Waals surface area contributed by atoms with E-state index >= 15 is 0 Å². The fourth-order valence-electron chi connectivity index (χ4n) is 2.98. The Morgan fingerprint density at radius 3 is 2.37 bits per heavy atom. The van der Waals surface area contributed by atoms with Crippen molar-refractivity contribution in [3.05, 3.63) is 87.9 Å². The molecule has 0 saturated heterocycles. The van der Waals surface area contributed by atoms with E-state index in [-0.39, 0.29) is 6.10 Å². The van der Waals surface area contributed by atoms with Crippen molar-refractivity contribution in [1.29, 1.82) is 0 Å². The second-order valence-corrected chi connectivity index (χ2v) is 6.74. The van der Waals surface area contributed by atoms with Gasteiger partial charge in [0, 0.05) is 13.0 Å². The number of para-hydroxylation sites is 1. The lowest BCUT2D eigenvalue weighted by atomic mass is 10.1. The Morgan fingerprint density at radius 2 is 1.70 bits per heavy atom. The van der Waals surface area contributed by atoms with Crippen LogP contribution in [-0.2, 0) is 6.54 Å². The first-order chi connectivity index (χ1) is 13.0. The number of benzene rings is 2. The largest absolute Gasteiger partial charge is 0.519 e. The van der Waals surface area contributed by atoms with Crippen LogP contribution < -0.4 is 10.6 Å². The summed E-state index contributed by atoms with van der Waals surface area (Å²) in [6.07, 6.45) is 0.739. The minimum atomic E-state index is -0.652. The van der Waals surface area contributed by atoms with E-state index in [1.165, 1.54) is 0 Å². The zero-order valence-corrected chi connectivity index (χ0v) is 16.0. The Labute approximate surface area is 159 Å². The Morgan fingerprint density at radius 1 is 1.00 bits per heavy atom. The Bertz CT molecular complexity index is 913. The summed E-state index contributed by atoms with van der Waals surface area (Å²) in [5.41, 5.74) is 2.25. The normalized spacial score (nSPS) is 12.3. The molecule has 0 bridgehead atoms. The molecule has 142 valence electrons. The molecule has 1 atom stereocenters. The number of hydrogen-bond donors (Lipinski definition) is 0. The summed E-state index contributed by atoms with van der Waals surface area (Å²) < 4.78 is 16.4. The molecule has 0 fully saturated rings. The highest BCUT2D eigenvalue weighted by molar-refractivity contribution is 5.33. The molecule has 5 nitrogen and oxygen atoms in total. The van der Waals surface area contributed by atoms with Crippen LogP contribution in [-0.4, -0.2) is 18.5 Å². The summed E-state index contributed by atoms with van der Waals surface area (Å²) in [6.45, 7) is 5.08. The highest BCUT2D eigenvalue weighted by Crippen LogP contribution is 2.27. The molecule has 0 amide bonds. The summed E-state index contributed by atoms with van der Waals surface area (Å²) in [5, 5.41) is 0. The lowest BCUT2D eigenvalue weighted by Gasteiger charge is -2.23. The quantitative estimate of drug-likeness (QED) is 0.587. The molecular formula is C22H25NO4. The molecule has 0 radical (unpaired) electrons. The summed E-state index contributed by atoms with van der Waals surface area (Å²) in [6, 6.07) is 18.3. The summed E-state index contributed by atoms with van der Waals surface area (Å²) >= 11 is 0. The predicted molar refractivity (Wildman–Crippen MR) is 104 cm³/mol. The van der Waals surface area contributed by atoms with E-state index in [1.807, 2.05) is 56.4 Å². The van der Waals surface area contributed by atoms with E-state index in [9.17, 15) is 4.79 Å². The van der Waals surface area contributed by atoms with Gasteiger partial charge in [-0.2, -0.15) is 0 Å². The van der Waals surface area contributed by atoms with Crippen LogP contribution in [0.2, 0.25) is 0 Å². The third kappa shape index (κ3) is 5.11. The summed E-state index contributed by atoms with van der Waals surface area (Å²) in [5.74, 6) is 1.34. The number of ether oxygens (including phenoxy) is 1. The predicted octanol–water partition coefficient (Wildman–Crippen LogP) is 4.49. The van der Waals surface area contributed by atoms with E-state index in [2.05, 4.69) is 17.0 Å². The van der Waals surface area contributed by atoms with E-state index in [0.717, 1.165) is 29.8 Å². The highest BCUT2D eigenvalue weighted by Gasteiger charge is 2.17. The molecule has 5 heteroatoms. The molecule has 0 saturated carbocycles. The summed E-state index contributed by atoms with van der Waals surface area (Å²) in [7, 11) is 1.99. The monoisotopic (exact) mass is 367 g/mol. The third-order valence-corrected chi connectivity index (χ3v) is 4.56. The van der Waals surface area contributed by atoms with Crippen LogP contribution in [0, 0.1) is 13.8 Å². The number of nitrogens with zero attached hydrogens (tertiary/aromatic N) is 1. The van der Waals surface area contributed by atoms with Crippen LogP contribution in [0.3, 0.4) is 0 Å². The van der Waals surface area contributed by atoms with Crippen molar-refractivity contribution in [1.82, 2.24) is 4.90 Å². The van der Waals surface area contributed by atoms with Gasteiger partial charge in [0.15, 0.2) is 5.76 Å². The minimum absolute atomic E-state index is 0.0628. The van der Waals surface area contributed by atoms with E-state index in [1.54, 1.807) is 6.92 Å². The van der Waals surface area contributed by atoms with Gasteiger partial charge in [0.25, 0.3) is 0 Å². The van der Waals surface area contributed by atoms with E-state index in [0.29, 0.717) is 18.1 Å². The number of aryl methyl sites for hydroxylation is 2. The highest BCUT2D eigenvalue weighted by atomic mass is 16.6. The zero-order chi connectivity index (χ0) is 19.2. The van der Waals surface area contributed by atoms with Crippen LogP contribution in [0.1, 0.15) is 35.2 Å². The molecule has 0 aliphatic carbocycles. The molecule has 0 spiro atoms. The van der Waals surface area contributed by atoms with Crippen molar-refractivity contribution in [3.63, 3.8) is 0 Å². The van der Waals surface area contributed by atoms with Gasteiger partial charge in [0.05, 0.1) is 6.54 Å². The molecule has 1 aromatic heterocycles. The molecule has 3 aromatic rings. The SMILES string of the molecule is Cc1ccccc1O[C@H](CCN(C)Cc1oc(=O)oc1C)c1ccccc1. The van der Waals surface area contributed by atoms with Gasteiger partial charge in [-0.1, -0.05) is 48.5 Å². The number of rotatable bonds is 8. The van der Waals surface area contributed by atoms with Crippen LogP contribution in [0.15, 0.2) is 68.2 Å². The van der Waals surface area contributed by atoms with Crippen LogP contribution in [0.5, 0.6) is 5.75 Å². The molecular weight excluding hydrogens is 342 g/mol. The smallest absolute Gasteiger partial charge is 0.485 e. The second-order valence-electron chi connectivity index (χ2n) is 6.74. The van der Waals surface area contributed by atoms with Crippen molar-refractivity contribution in [2.24, 2.45) is 0 Å².